The number of nitrogens with zero attached hydrogens (tertiary/aromatic N) is 2. The van der Waals surface area contributed by atoms with Crippen molar-refractivity contribution in [1.82, 2.24) is 9.97 Å². The molecule has 110 valence electrons. The van der Waals surface area contributed by atoms with Crippen molar-refractivity contribution in [3.8, 4) is 5.75 Å². The van der Waals surface area contributed by atoms with E-state index < -0.39 is 0 Å². The van der Waals surface area contributed by atoms with Gasteiger partial charge in [0, 0.05) is 7.05 Å². The van der Waals surface area contributed by atoms with Crippen molar-refractivity contribution in [1.29, 1.82) is 0 Å². The summed E-state index contributed by atoms with van der Waals surface area (Å²) >= 11 is 2.31. The first-order valence-corrected chi connectivity index (χ1v) is 8.25. The predicted octanol–water partition coefficient (Wildman–Crippen LogP) is 3.40. The van der Waals surface area contributed by atoms with Crippen LogP contribution in [0.4, 0.5) is 5.82 Å². The summed E-state index contributed by atoms with van der Waals surface area (Å²) in [5, 5.41) is 3.17. The number of halogens is 1. The van der Waals surface area contributed by atoms with Crippen LogP contribution < -0.4 is 10.1 Å². The number of anilines is 1. The zero-order valence-corrected chi connectivity index (χ0v) is 14.3. The van der Waals surface area contributed by atoms with Crippen LogP contribution >= 0.6 is 22.6 Å². The van der Waals surface area contributed by atoms with Gasteiger partial charge in [-0.25, -0.2) is 9.97 Å². The third kappa shape index (κ3) is 2.84. The molecule has 0 radical (unpaired) electrons. The Bertz CT molecular complexity index is 635. The number of fused-ring (bicyclic) bond motifs is 1. The van der Waals surface area contributed by atoms with E-state index in [9.17, 15) is 0 Å². The summed E-state index contributed by atoms with van der Waals surface area (Å²) in [7, 11) is 1.90. The Kier molecular flexibility index (Phi) is 4.28. The molecule has 1 N–H and O–H groups in total. The number of hydrogen-bond acceptors (Lipinski definition) is 4. The van der Waals surface area contributed by atoms with Crippen LogP contribution in [-0.4, -0.2) is 23.6 Å². The van der Waals surface area contributed by atoms with E-state index in [1.54, 1.807) is 0 Å². The topological polar surface area (TPSA) is 47.0 Å². The molecule has 1 aliphatic rings. The highest BCUT2D eigenvalue weighted by molar-refractivity contribution is 14.1. The summed E-state index contributed by atoms with van der Waals surface area (Å²) in [5.41, 5.74) is 2.34. The van der Waals surface area contributed by atoms with E-state index in [-0.39, 0.29) is 5.92 Å². The summed E-state index contributed by atoms with van der Waals surface area (Å²) < 4.78 is 6.98. The Morgan fingerprint density at radius 2 is 2.14 bits per heavy atom. The van der Waals surface area contributed by atoms with E-state index >= 15 is 0 Å². The van der Waals surface area contributed by atoms with Crippen LogP contribution in [0.2, 0.25) is 0 Å². The van der Waals surface area contributed by atoms with E-state index in [0.29, 0.717) is 6.61 Å². The number of aryl methyl sites for hydroxylation is 1. The van der Waals surface area contributed by atoms with Crippen molar-refractivity contribution in [3.05, 3.63) is 44.9 Å². The second-order valence-corrected chi connectivity index (χ2v) is 6.19. The van der Waals surface area contributed by atoms with Gasteiger partial charge in [0.2, 0.25) is 0 Å². The van der Waals surface area contributed by atoms with Gasteiger partial charge >= 0.3 is 0 Å². The van der Waals surface area contributed by atoms with Gasteiger partial charge < -0.3 is 10.1 Å². The first kappa shape index (κ1) is 14.6. The fourth-order valence-electron chi connectivity index (χ4n) is 2.59. The zero-order valence-electron chi connectivity index (χ0n) is 12.2. The molecular formula is C16H18IN3O. The molecule has 0 spiro atoms. The van der Waals surface area contributed by atoms with Gasteiger partial charge in [-0.3, -0.25) is 0 Å². The van der Waals surface area contributed by atoms with Crippen LogP contribution in [0.5, 0.6) is 5.75 Å². The molecule has 2 heterocycles. The molecular weight excluding hydrogens is 377 g/mol. The summed E-state index contributed by atoms with van der Waals surface area (Å²) in [6.45, 7) is 2.77. The normalized spacial score (nSPS) is 17.0. The van der Waals surface area contributed by atoms with Crippen molar-refractivity contribution < 1.29 is 4.74 Å². The molecule has 1 atom stereocenters. The van der Waals surface area contributed by atoms with Gasteiger partial charge in [-0.1, -0.05) is 25.1 Å². The molecule has 1 aromatic heterocycles. The lowest BCUT2D eigenvalue weighted by molar-refractivity contribution is 0.257. The molecule has 0 fully saturated rings. The molecule has 1 aliphatic heterocycles. The lowest BCUT2D eigenvalue weighted by Crippen LogP contribution is -2.22. The Morgan fingerprint density at radius 1 is 1.33 bits per heavy atom. The van der Waals surface area contributed by atoms with Crippen molar-refractivity contribution in [2.24, 2.45) is 0 Å². The number of nitrogens with one attached hydrogen (secondary N) is 1. The van der Waals surface area contributed by atoms with Gasteiger partial charge in [0.25, 0.3) is 0 Å². The average Bonchev–Trinajstić information content (AvgIpc) is 2.54. The largest absolute Gasteiger partial charge is 0.493 e. The minimum atomic E-state index is 0.217. The van der Waals surface area contributed by atoms with E-state index in [4.69, 9.17) is 9.72 Å². The van der Waals surface area contributed by atoms with Gasteiger partial charge in [0.15, 0.2) is 0 Å². The van der Waals surface area contributed by atoms with Crippen LogP contribution in [0.1, 0.15) is 29.9 Å². The molecule has 0 amide bonds. The molecule has 2 aromatic rings. The number of aromatic nitrogens is 2. The maximum absolute atomic E-state index is 5.87. The SMILES string of the molecule is CCc1nc(C2COc3ccccc3C2)nc(NC)c1I. The molecule has 21 heavy (non-hydrogen) atoms. The van der Waals surface area contributed by atoms with Crippen molar-refractivity contribution in [2.45, 2.75) is 25.7 Å². The van der Waals surface area contributed by atoms with Gasteiger partial charge in [-0.2, -0.15) is 0 Å². The smallest absolute Gasteiger partial charge is 0.143 e. The average molecular weight is 395 g/mol. The molecule has 1 unspecified atom stereocenters. The number of para-hydroxylation sites is 1. The first-order valence-electron chi connectivity index (χ1n) is 7.17. The van der Waals surface area contributed by atoms with Crippen molar-refractivity contribution >= 4 is 28.4 Å². The Hall–Kier alpha value is -1.37. The molecule has 1 aromatic carbocycles. The van der Waals surface area contributed by atoms with Crippen molar-refractivity contribution in [2.75, 3.05) is 19.0 Å². The number of benzene rings is 1. The zero-order chi connectivity index (χ0) is 14.8. The highest BCUT2D eigenvalue weighted by atomic mass is 127. The number of ether oxygens (including phenoxy) is 1. The third-order valence-electron chi connectivity index (χ3n) is 3.75. The Balaban J connectivity index is 1.95. The monoisotopic (exact) mass is 395 g/mol. The molecule has 0 saturated heterocycles. The summed E-state index contributed by atoms with van der Waals surface area (Å²) in [6.07, 6.45) is 1.84. The van der Waals surface area contributed by atoms with Gasteiger partial charge in [-0.15, -0.1) is 0 Å². The molecule has 0 aliphatic carbocycles. The standard InChI is InChI=1S/C16H18IN3O/c1-3-12-14(17)16(18-2)20-15(19-12)11-8-10-6-4-5-7-13(10)21-9-11/h4-7,11H,3,8-9H2,1-2H3,(H,18,19,20). The van der Waals surface area contributed by atoms with Crippen LogP contribution in [0, 0.1) is 3.57 Å². The molecule has 5 heteroatoms. The maximum atomic E-state index is 5.87. The van der Waals surface area contributed by atoms with Gasteiger partial charge in [-0.05, 0) is 47.1 Å². The molecule has 0 saturated carbocycles. The van der Waals surface area contributed by atoms with E-state index in [0.717, 1.165) is 39.5 Å². The minimum absolute atomic E-state index is 0.217. The first-order chi connectivity index (χ1) is 10.2. The summed E-state index contributed by atoms with van der Waals surface area (Å²) in [6, 6.07) is 8.20. The Labute approximate surface area is 138 Å². The second-order valence-electron chi connectivity index (χ2n) is 5.11. The maximum Gasteiger partial charge on any atom is 0.143 e. The summed E-state index contributed by atoms with van der Waals surface area (Å²) in [4.78, 5) is 9.44. The molecule has 4 nitrogen and oxygen atoms in total. The molecule has 0 bridgehead atoms. The van der Waals surface area contributed by atoms with Crippen LogP contribution in [-0.2, 0) is 12.8 Å². The van der Waals surface area contributed by atoms with Crippen molar-refractivity contribution in [3.63, 3.8) is 0 Å². The van der Waals surface area contributed by atoms with Crippen LogP contribution in [0.3, 0.4) is 0 Å². The van der Waals surface area contributed by atoms with Gasteiger partial charge in [0.1, 0.15) is 17.4 Å². The predicted molar refractivity (Wildman–Crippen MR) is 92.1 cm³/mol. The summed E-state index contributed by atoms with van der Waals surface area (Å²) in [5.74, 6) is 3.00. The highest BCUT2D eigenvalue weighted by Gasteiger charge is 2.25. The quantitative estimate of drug-likeness (QED) is 0.810. The number of hydrogen-bond donors (Lipinski definition) is 1. The lowest BCUT2D eigenvalue weighted by atomic mass is 9.96. The minimum Gasteiger partial charge on any atom is -0.493 e. The Morgan fingerprint density at radius 3 is 2.90 bits per heavy atom. The molecule has 3 rings (SSSR count). The van der Waals surface area contributed by atoms with E-state index in [1.165, 1.54) is 5.56 Å². The lowest BCUT2D eigenvalue weighted by Gasteiger charge is -2.25. The second kappa shape index (κ2) is 6.17. The van der Waals surface area contributed by atoms with E-state index in [2.05, 4.69) is 51.9 Å². The number of rotatable bonds is 3. The fraction of sp³-hybridized carbons (Fsp3) is 0.375. The van der Waals surface area contributed by atoms with Gasteiger partial charge in [0.05, 0.1) is 21.8 Å². The van der Waals surface area contributed by atoms with Crippen LogP contribution in [0.15, 0.2) is 24.3 Å². The third-order valence-corrected chi connectivity index (χ3v) is 4.89. The van der Waals surface area contributed by atoms with Crippen LogP contribution in [0.25, 0.3) is 0 Å². The fourth-order valence-corrected chi connectivity index (χ4v) is 3.48. The van der Waals surface area contributed by atoms with E-state index in [1.807, 2.05) is 19.2 Å². The highest BCUT2D eigenvalue weighted by Crippen LogP contribution is 2.32.